The first-order valence-corrected chi connectivity index (χ1v) is 3.99. The third-order valence-electron chi connectivity index (χ3n) is 1.53. The fourth-order valence-electron chi connectivity index (χ4n) is 0.998. The van der Waals surface area contributed by atoms with E-state index in [1.54, 1.807) is 0 Å². The van der Waals surface area contributed by atoms with Gasteiger partial charge < -0.3 is 15.3 Å². The van der Waals surface area contributed by atoms with Crippen LogP contribution in [-0.2, 0) is 13.0 Å². The van der Waals surface area contributed by atoms with Crippen LogP contribution in [-0.4, -0.2) is 10.1 Å². The number of hydrogen-bond donors (Lipinski definition) is 1. The summed E-state index contributed by atoms with van der Waals surface area (Å²) in [6.07, 6.45) is 5.13. The van der Waals surface area contributed by atoms with Crippen LogP contribution in [0, 0.1) is 15.3 Å². The van der Waals surface area contributed by atoms with Crippen molar-refractivity contribution in [2.24, 2.45) is 0 Å². The average Bonchev–Trinajstić information content (AvgIpc) is 2.49. The zero-order valence-electron chi connectivity index (χ0n) is 7.69. The second-order valence-electron chi connectivity index (χ2n) is 2.27. The highest BCUT2D eigenvalue weighted by Crippen LogP contribution is 1.85. The number of rotatable bonds is 2. The van der Waals surface area contributed by atoms with Gasteiger partial charge in [0.05, 0.1) is 11.6 Å². The Balaban J connectivity index is 0.000000310. The molecule has 6 nitrogen and oxygen atoms in total. The van der Waals surface area contributed by atoms with E-state index in [1.807, 2.05) is 6.20 Å². The van der Waals surface area contributed by atoms with Crippen molar-refractivity contribution < 1.29 is 9.65 Å². The first kappa shape index (κ1) is 11.4. The van der Waals surface area contributed by atoms with Crippen LogP contribution in [0.3, 0.4) is 0 Å². The maximum Gasteiger partial charge on any atom is 0.253 e. The zero-order chi connectivity index (χ0) is 10.3. The molecular weight excluding hydrogens is 174 g/mol. The maximum absolute atomic E-state index is 8.25. The lowest BCUT2D eigenvalue weighted by Crippen LogP contribution is -2.34. The van der Waals surface area contributed by atoms with Gasteiger partial charge in [0.1, 0.15) is 12.4 Å². The first-order valence-electron chi connectivity index (χ1n) is 3.99. The zero-order valence-corrected chi connectivity index (χ0v) is 7.69. The van der Waals surface area contributed by atoms with E-state index in [2.05, 4.69) is 29.6 Å². The van der Waals surface area contributed by atoms with Gasteiger partial charge in [-0.2, -0.15) is 0 Å². The monoisotopic (exact) mass is 187 g/mol. The summed E-state index contributed by atoms with van der Waals surface area (Å²) in [6, 6.07) is 0. The lowest BCUT2D eigenvalue weighted by atomic mass is 10.4. The van der Waals surface area contributed by atoms with Crippen LogP contribution in [0.2, 0.25) is 0 Å². The van der Waals surface area contributed by atoms with Crippen LogP contribution in [0.5, 0.6) is 0 Å². The highest BCUT2D eigenvalue weighted by molar-refractivity contribution is 4.74. The van der Waals surface area contributed by atoms with E-state index in [1.165, 1.54) is 5.82 Å². The van der Waals surface area contributed by atoms with Gasteiger partial charge in [0, 0.05) is 6.42 Å². The van der Waals surface area contributed by atoms with E-state index in [4.69, 9.17) is 15.3 Å². The van der Waals surface area contributed by atoms with Crippen LogP contribution >= 0.6 is 0 Å². The van der Waals surface area contributed by atoms with Crippen molar-refractivity contribution in [1.82, 2.24) is 4.98 Å². The van der Waals surface area contributed by atoms with Gasteiger partial charge in [0.25, 0.3) is 5.82 Å². The average molecular weight is 187 g/mol. The Bertz CT molecular complexity index is 237. The molecule has 0 aliphatic rings. The highest BCUT2D eigenvalue weighted by atomic mass is 16.9. The predicted octanol–water partition coefficient (Wildman–Crippen LogP) is 0.645. The molecule has 0 aromatic carbocycles. The molecule has 0 aliphatic carbocycles. The minimum absolute atomic E-state index is 1.06. The molecule has 0 radical (unpaired) electrons. The molecule has 0 spiro atoms. The third kappa shape index (κ3) is 4.78. The standard InChI is InChI=1S/C7H12N2.NO3/c1-3-7-8-5-6-9(7)4-2;2-1(3)4/h5-6H,3-4H2,1-2H3;/q;-1/p+1. The van der Waals surface area contributed by atoms with Gasteiger partial charge in [-0.1, -0.05) is 6.92 Å². The minimum atomic E-state index is -1.75. The maximum atomic E-state index is 8.25. The van der Waals surface area contributed by atoms with Crippen molar-refractivity contribution in [2.75, 3.05) is 0 Å². The fraction of sp³-hybridized carbons (Fsp3) is 0.571. The molecule has 1 rings (SSSR count). The van der Waals surface area contributed by atoms with E-state index in [0.29, 0.717) is 0 Å². The number of imidazole rings is 1. The van der Waals surface area contributed by atoms with E-state index in [9.17, 15) is 0 Å². The summed E-state index contributed by atoms with van der Waals surface area (Å²) >= 11 is 0. The highest BCUT2D eigenvalue weighted by Gasteiger charge is 2.02. The molecule has 0 amide bonds. The summed E-state index contributed by atoms with van der Waals surface area (Å²) in [5, 5.41) is 14.8. The van der Waals surface area contributed by atoms with Crippen LogP contribution in [0.4, 0.5) is 0 Å². The number of nitrogens with zero attached hydrogens (tertiary/aromatic N) is 2. The molecule has 74 valence electrons. The number of aryl methyl sites for hydroxylation is 2. The van der Waals surface area contributed by atoms with Crippen molar-refractivity contribution >= 4 is 0 Å². The van der Waals surface area contributed by atoms with Crippen LogP contribution in [0.15, 0.2) is 12.4 Å². The Morgan fingerprint density at radius 3 is 2.38 bits per heavy atom. The summed E-state index contributed by atoms with van der Waals surface area (Å²) < 4.78 is 2.21. The molecule has 0 atom stereocenters. The number of hydrogen-bond acceptors (Lipinski definition) is 3. The van der Waals surface area contributed by atoms with E-state index in [0.717, 1.165) is 13.0 Å². The van der Waals surface area contributed by atoms with Gasteiger partial charge >= 0.3 is 0 Å². The van der Waals surface area contributed by atoms with Gasteiger partial charge in [-0.05, 0) is 6.92 Å². The predicted molar refractivity (Wildman–Crippen MR) is 46.4 cm³/mol. The second-order valence-corrected chi connectivity index (χ2v) is 2.27. The SMILES string of the molecule is CCc1[nH]cc[n+]1CC.O=[N+]([O-])[O-]. The number of aromatic nitrogens is 2. The number of aromatic amines is 1. The molecule has 0 unspecified atom stereocenters. The lowest BCUT2D eigenvalue weighted by Gasteiger charge is -1.90. The van der Waals surface area contributed by atoms with Gasteiger partial charge in [-0.15, -0.1) is 0 Å². The fourth-order valence-corrected chi connectivity index (χ4v) is 0.998. The smallest absolute Gasteiger partial charge is 0.253 e. The molecule has 0 saturated heterocycles. The Morgan fingerprint density at radius 2 is 2.08 bits per heavy atom. The topological polar surface area (TPSA) is 85.9 Å². The Kier molecular flexibility index (Phi) is 5.25. The van der Waals surface area contributed by atoms with Crippen molar-refractivity contribution in [1.29, 1.82) is 0 Å². The van der Waals surface area contributed by atoms with Crippen LogP contribution in [0.25, 0.3) is 0 Å². The van der Waals surface area contributed by atoms with Crippen molar-refractivity contribution in [3.63, 3.8) is 0 Å². The lowest BCUT2D eigenvalue weighted by molar-refractivity contribution is -0.699. The summed E-state index contributed by atoms with van der Waals surface area (Å²) in [5.74, 6) is 1.30. The van der Waals surface area contributed by atoms with Gasteiger partial charge in [-0.25, -0.2) is 9.55 Å². The first-order chi connectivity index (χ1) is 6.11. The molecule has 0 saturated carbocycles. The third-order valence-corrected chi connectivity index (χ3v) is 1.53. The van der Waals surface area contributed by atoms with Crippen LogP contribution < -0.4 is 4.57 Å². The normalized spacial score (nSPS) is 8.77. The summed E-state index contributed by atoms with van der Waals surface area (Å²) in [6.45, 7) is 5.36. The van der Waals surface area contributed by atoms with Crippen molar-refractivity contribution in [3.8, 4) is 0 Å². The molecule has 0 fully saturated rings. The van der Waals surface area contributed by atoms with Crippen molar-refractivity contribution in [2.45, 2.75) is 26.8 Å². The van der Waals surface area contributed by atoms with Gasteiger partial charge in [0.2, 0.25) is 0 Å². The quantitative estimate of drug-likeness (QED) is 0.419. The minimum Gasteiger partial charge on any atom is -0.356 e. The van der Waals surface area contributed by atoms with E-state index >= 15 is 0 Å². The summed E-state index contributed by atoms with van der Waals surface area (Å²) in [5.41, 5.74) is 0. The largest absolute Gasteiger partial charge is 0.356 e. The molecule has 1 aromatic rings. The van der Waals surface area contributed by atoms with Crippen molar-refractivity contribution in [3.05, 3.63) is 33.5 Å². The molecule has 0 bridgehead atoms. The molecule has 6 heteroatoms. The Morgan fingerprint density at radius 1 is 1.54 bits per heavy atom. The van der Waals surface area contributed by atoms with E-state index in [-0.39, 0.29) is 0 Å². The Labute approximate surface area is 75.9 Å². The van der Waals surface area contributed by atoms with Gasteiger partial charge in [-0.3, -0.25) is 0 Å². The Hall–Kier alpha value is -1.59. The molecule has 0 aliphatic heterocycles. The summed E-state index contributed by atoms with van der Waals surface area (Å²) in [7, 11) is 0. The summed E-state index contributed by atoms with van der Waals surface area (Å²) in [4.78, 5) is 11.4. The molecule has 1 aromatic heterocycles. The van der Waals surface area contributed by atoms with E-state index < -0.39 is 5.09 Å². The molecule has 13 heavy (non-hydrogen) atoms. The molecule has 1 heterocycles. The number of H-pyrrole nitrogens is 1. The second kappa shape index (κ2) is 5.99. The van der Waals surface area contributed by atoms with Crippen LogP contribution in [0.1, 0.15) is 19.7 Å². The van der Waals surface area contributed by atoms with Gasteiger partial charge in [0.15, 0.2) is 0 Å². The molecule has 1 N–H and O–H groups in total. The number of nitrogens with one attached hydrogen (secondary N) is 1. The molecular formula is C7H13N3O3.